The van der Waals surface area contributed by atoms with Crippen molar-refractivity contribution in [2.75, 3.05) is 7.05 Å². The van der Waals surface area contributed by atoms with Crippen molar-refractivity contribution in [2.24, 2.45) is 4.99 Å². The average Bonchev–Trinajstić information content (AvgIpc) is 3.37. The maximum Gasteiger partial charge on any atom is 0.249 e. The van der Waals surface area contributed by atoms with E-state index in [9.17, 15) is 4.79 Å². The second-order valence-electron chi connectivity index (χ2n) is 10.0. The Labute approximate surface area is 215 Å². The lowest BCUT2D eigenvalue weighted by Crippen LogP contribution is -2.60. The fourth-order valence-electron chi connectivity index (χ4n) is 5.77. The van der Waals surface area contributed by atoms with E-state index in [1.54, 1.807) is 0 Å². The molecule has 0 aromatic heterocycles. The second-order valence-corrected chi connectivity index (χ2v) is 10.0. The van der Waals surface area contributed by atoms with E-state index in [1.165, 1.54) is 18.4 Å². The fraction of sp³-hybridized carbons (Fsp3) is 0.419. The topological polar surface area (TPSA) is 45.1 Å². The monoisotopic (exact) mass is 483 g/mol. The second kappa shape index (κ2) is 10.7. The average molecular weight is 484 g/mol. The smallest absolute Gasteiger partial charge is 0.249 e. The van der Waals surface area contributed by atoms with Crippen LogP contribution in [-0.4, -0.2) is 40.7 Å². The zero-order valence-electron chi connectivity index (χ0n) is 21.7. The Hall–Kier alpha value is -3.34. The summed E-state index contributed by atoms with van der Waals surface area (Å²) in [4.78, 5) is 23.0. The number of ether oxygens (including phenoxy) is 1. The number of carbonyl (C=O) groups excluding carboxylic acids is 1. The van der Waals surface area contributed by atoms with Gasteiger partial charge in [0.1, 0.15) is 18.4 Å². The van der Waals surface area contributed by atoms with E-state index in [2.05, 4.69) is 55.2 Å². The normalized spacial score (nSPS) is 20.8. The summed E-state index contributed by atoms with van der Waals surface area (Å²) < 4.78 is 6.15. The third-order valence-electron chi connectivity index (χ3n) is 7.77. The number of likely N-dealkylation sites (N-methyl/N-ethyl adjacent to an activating group) is 1. The molecule has 0 spiro atoms. The van der Waals surface area contributed by atoms with E-state index in [4.69, 9.17) is 9.73 Å². The maximum atomic E-state index is 13.4. The van der Waals surface area contributed by atoms with Crippen LogP contribution in [0.5, 0.6) is 5.75 Å². The minimum Gasteiger partial charge on any atom is -0.489 e. The number of carbonyl (C=O) groups is 1. The van der Waals surface area contributed by atoms with Gasteiger partial charge < -0.3 is 14.5 Å². The van der Waals surface area contributed by atoms with Crippen LogP contribution in [0.2, 0.25) is 0 Å². The van der Waals surface area contributed by atoms with E-state index < -0.39 is 0 Å². The van der Waals surface area contributed by atoms with Crippen molar-refractivity contribution in [3.05, 3.63) is 83.1 Å². The minimum absolute atomic E-state index is 0.154. The number of amides is 1. The van der Waals surface area contributed by atoms with Crippen molar-refractivity contribution in [1.82, 2.24) is 9.80 Å². The Morgan fingerprint density at radius 2 is 1.81 bits per heavy atom. The van der Waals surface area contributed by atoms with Crippen LogP contribution in [-0.2, 0) is 11.4 Å². The molecule has 2 aromatic rings. The Morgan fingerprint density at radius 3 is 2.53 bits per heavy atom. The molecule has 1 amide bonds. The van der Waals surface area contributed by atoms with E-state index in [-0.39, 0.29) is 11.9 Å². The number of aliphatic imine (C=N–C) groups is 1. The Kier molecular flexibility index (Phi) is 7.26. The van der Waals surface area contributed by atoms with E-state index in [1.807, 2.05) is 36.2 Å². The van der Waals surface area contributed by atoms with Gasteiger partial charge in [-0.1, -0.05) is 75.2 Å². The molecule has 5 heteroatoms. The molecular weight excluding hydrogens is 446 g/mol. The molecule has 188 valence electrons. The third kappa shape index (κ3) is 4.71. The van der Waals surface area contributed by atoms with Crippen LogP contribution in [0, 0.1) is 0 Å². The van der Waals surface area contributed by atoms with Gasteiger partial charge in [-0.25, -0.2) is 4.99 Å². The van der Waals surface area contributed by atoms with Crippen LogP contribution in [0.3, 0.4) is 0 Å². The number of rotatable bonds is 7. The van der Waals surface area contributed by atoms with Crippen molar-refractivity contribution in [1.29, 1.82) is 0 Å². The lowest BCUT2D eigenvalue weighted by atomic mass is 10.0. The van der Waals surface area contributed by atoms with Gasteiger partial charge in [0.15, 0.2) is 5.84 Å². The van der Waals surface area contributed by atoms with Crippen LogP contribution in [0.25, 0.3) is 5.70 Å². The van der Waals surface area contributed by atoms with E-state index in [0.29, 0.717) is 12.6 Å². The van der Waals surface area contributed by atoms with Crippen molar-refractivity contribution < 1.29 is 9.53 Å². The summed E-state index contributed by atoms with van der Waals surface area (Å²) in [7, 11) is 1.91. The summed E-state index contributed by atoms with van der Waals surface area (Å²) in [5.41, 5.74) is 5.47. The van der Waals surface area contributed by atoms with Crippen LogP contribution < -0.4 is 4.74 Å². The molecule has 5 rings (SSSR count). The van der Waals surface area contributed by atoms with Crippen molar-refractivity contribution in [3.8, 4) is 5.75 Å². The van der Waals surface area contributed by atoms with Gasteiger partial charge in [-0.05, 0) is 55.4 Å². The summed E-state index contributed by atoms with van der Waals surface area (Å²) >= 11 is 0. The number of hydrogen-bond acceptors (Lipinski definition) is 4. The summed E-state index contributed by atoms with van der Waals surface area (Å²) in [6, 6.07) is 18.8. The van der Waals surface area contributed by atoms with Crippen LogP contribution in [0.1, 0.15) is 69.9 Å². The molecule has 2 fully saturated rings. The summed E-state index contributed by atoms with van der Waals surface area (Å²) in [6.45, 7) is 4.84. The lowest BCUT2D eigenvalue weighted by Gasteiger charge is -2.45. The predicted molar refractivity (Wildman–Crippen MR) is 146 cm³/mol. The number of benzene rings is 2. The molecule has 1 saturated carbocycles. The highest BCUT2D eigenvalue weighted by Crippen LogP contribution is 2.37. The van der Waals surface area contributed by atoms with Gasteiger partial charge in [0.25, 0.3) is 0 Å². The third-order valence-corrected chi connectivity index (χ3v) is 7.77. The summed E-state index contributed by atoms with van der Waals surface area (Å²) in [6.07, 6.45) is 9.39. The van der Waals surface area contributed by atoms with Gasteiger partial charge in [-0.3, -0.25) is 4.79 Å². The molecule has 0 N–H and O–H groups in total. The molecule has 1 atom stereocenters. The first kappa shape index (κ1) is 24.4. The Balaban J connectivity index is 1.53. The maximum absolute atomic E-state index is 13.4. The SMILES string of the molecule is CCC1=C(c2cccc(OCc3ccccc3)c2)N=C2C(=CC1)N(C)C(=O)C(CC)N2C1CCCC1. The highest BCUT2D eigenvalue weighted by Gasteiger charge is 2.43. The molecular formula is C31H37N3O2. The van der Waals surface area contributed by atoms with Gasteiger partial charge in [-0.2, -0.15) is 0 Å². The number of amidine groups is 1. The minimum atomic E-state index is -0.154. The Morgan fingerprint density at radius 1 is 1.03 bits per heavy atom. The first-order chi connectivity index (χ1) is 17.6. The molecule has 0 bridgehead atoms. The summed E-state index contributed by atoms with van der Waals surface area (Å²) in [5.74, 6) is 1.99. The molecule has 2 aromatic carbocycles. The first-order valence-electron chi connectivity index (χ1n) is 13.4. The van der Waals surface area contributed by atoms with Crippen molar-refractivity contribution >= 4 is 17.4 Å². The standard InChI is InChI=1S/C31H37N3O2/c1-4-23-18-19-28-30(34(25-15-9-10-16-25)27(5-2)31(35)33(28)3)32-29(23)24-14-11-17-26(20-24)36-21-22-12-7-6-8-13-22/h6-8,11-14,17,19-20,25,27H,4-5,9-10,15-16,18,21H2,1-3H3. The van der Waals surface area contributed by atoms with Crippen LogP contribution in [0.4, 0.5) is 0 Å². The van der Waals surface area contributed by atoms with Gasteiger partial charge in [0, 0.05) is 18.7 Å². The molecule has 1 saturated heterocycles. The molecule has 1 unspecified atom stereocenters. The van der Waals surface area contributed by atoms with Crippen LogP contribution in [0.15, 0.2) is 76.9 Å². The zero-order valence-corrected chi connectivity index (χ0v) is 21.7. The van der Waals surface area contributed by atoms with Crippen LogP contribution >= 0.6 is 0 Å². The number of hydrogen-bond donors (Lipinski definition) is 0. The Bertz CT molecular complexity index is 1190. The predicted octanol–water partition coefficient (Wildman–Crippen LogP) is 6.57. The quantitative estimate of drug-likeness (QED) is 0.447. The lowest BCUT2D eigenvalue weighted by molar-refractivity contribution is -0.134. The molecule has 2 heterocycles. The highest BCUT2D eigenvalue weighted by molar-refractivity contribution is 6.09. The van der Waals surface area contributed by atoms with Gasteiger partial charge >= 0.3 is 0 Å². The van der Waals surface area contributed by atoms with E-state index >= 15 is 0 Å². The zero-order chi connectivity index (χ0) is 25.1. The number of allylic oxidation sites excluding steroid dienone is 2. The first-order valence-corrected chi connectivity index (χ1v) is 13.4. The summed E-state index contributed by atoms with van der Waals surface area (Å²) in [5, 5.41) is 0. The number of nitrogens with zero attached hydrogens (tertiary/aromatic N) is 3. The largest absolute Gasteiger partial charge is 0.489 e. The molecule has 36 heavy (non-hydrogen) atoms. The molecule has 5 nitrogen and oxygen atoms in total. The van der Waals surface area contributed by atoms with Crippen molar-refractivity contribution in [3.63, 3.8) is 0 Å². The highest BCUT2D eigenvalue weighted by atomic mass is 16.5. The number of piperazine rings is 1. The van der Waals surface area contributed by atoms with Gasteiger partial charge in [0.05, 0.1) is 11.4 Å². The molecule has 2 aliphatic heterocycles. The van der Waals surface area contributed by atoms with Gasteiger partial charge in [-0.15, -0.1) is 0 Å². The fourth-order valence-corrected chi connectivity index (χ4v) is 5.77. The molecule has 3 aliphatic rings. The van der Waals surface area contributed by atoms with Gasteiger partial charge in [0.2, 0.25) is 5.91 Å². The van der Waals surface area contributed by atoms with E-state index in [0.717, 1.165) is 66.2 Å². The molecule has 1 aliphatic carbocycles. The van der Waals surface area contributed by atoms with Crippen molar-refractivity contribution in [2.45, 2.75) is 77.5 Å². The molecule has 0 radical (unpaired) electrons. The number of fused-ring (bicyclic) bond motifs is 1.